The van der Waals surface area contributed by atoms with E-state index in [0.29, 0.717) is 19.5 Å². The van der Waals surface area contributed by atoms with Crippen molar-refractivity contribution in [2.24, 2.45) is 0 Å². The van der Waals surface area contributed by atoms with E-state index < -0.39 is 0 Å². The van der Waals surface area contributed by atoms with Crippen LogP contribution in [0.2, 0.25) is 0 Å². The van der Waals surface area contributed by atoms with Crippen LogP contribution in [0.15, 0.2) is 16.8 Å². The first kappa shape index (κ1) is 18.7. The third-order valence-electron chi connectivity index (χ3n) is 5.47. The number of carbonyl (C=O) groups excluding carboxylic acids is 1. The molecular weight excluding hydrogens is 360 g/mol. The second kappa shape index (κ2) is 8.14. The zero-order valence-corrected chi connectivity index (χ0v) is 16.4. The zero-order valence-electron chi connectivity index (χ0n) is 16.4. The van der Waals surface area contributed by atoms with Gasteiger partial charge in [-0.05, 0) is 13.8 Å². The molecule has 0 aromatic carbocycles. The maximum absolute atomic E-state index is 12.7. The summed E-state index contributed by atoms with van der Waals surface area (Å²) in [4.78, 5) is 19.0. The number of anilines is 2. The van der Waals surface area contributed by atoms with Crippen LogP contribution in [0.1, 0.15) is 17.0 Å². The summed E-state index contributed by atoms with van der Waals surface area (Å²) < 4.78 is 10.6. The van der Waals surface area contributed by atoms with Crippen molar-refractivity contribution in [1.82, 2.24) is 20.3 Å². The van der Waals surface area contributed by atoms with E-state index in [1.54, 1.807) is 6.20 Å². The fourth-order valence-electron chi connectivity index (χ4n) is 3.70. The lowest BCUT2D eigenvalue weighted by Crippen LogP contribution is -2.49. The number of nitrogens with zero attached hydrogens (tertiary/aromatic N) is 6. The number of hydrogen-bond acceptors (Lipinski definition) is 8. The number of aromatic nitrogens is 3. The number of carbonyl (C=O) groups is 1. The van der Waals surface area contributed by atoms with Crippen LogP contribution in [0.3, 0.4) is 0 Å². The SMILES string of the molecule is Cc1noc(C)c1CC(=O)N1CCN(c2cc(N3CCOCC3)cnn2)CC1. The molecule has 4 heterocycles. The Morgan fingerprint density at radius 2 is 1.82 bits per heavy atom. The molecule has 0 atom stereocenters. The van der Waals surface area contributed by atoms with E-state index in [9.17, 15) is 4.79 Å². The van der Waals surface area contributed by atoms with Gasteiger partial charge >= 0.3 is 0 Å². The van der Waals surface area contributed by atoms with Crippen molar-refractivity contribution in [3.8, 4) is 0 Å². The second-order valence-electron chi connectivity index (χ2n) is 7.22. The van der Waals surface area contributed by atoms with Crippen LogP contribution >= 0.6 is 0 Å². The lowest BCUT2D eigenvalue weighted by molar-refractivity contribution is -0.130. The van der Waals surface area contributed by atoms with Crippen LogP contribution in [0.4, 0.5) is 11.5 Å². The molecule has 1 amide bonds. The predicted octanol–water partition coefficient (Wildman–Crippen LogP) is 0.809. The molecule has 0 spiro atoms. The molecule has 0 N–H and O–H groups in total. The molecule has 2 fully saturated rings. The summed E-state index contributed by atoms with van der Waals surface area (Å²) in [5.41, 5.74) is 2.77. The maximum Gasteiger partial charge on any atom is 0.227 e. The highest BCUT2D eigenvalue weighted by Gasteiger charge is 2.24. The minimum Gasteiger partial charge on any atom is -0.378 e. The van der Waals surface area contributed by atoms with E-state index in [4.69, 9.17) is 9.26 Å². The van der Waals surface area contributed by atoms with Gasteiger partial charge in [-0.3, -0.25) is 4.79 Å². The molecule has 2 aliphatic heterocycles. The third kappa shape index (κ3) is 3.94. The fraction of sp³-hybridized carbons (Fsp3) is 0.579. The molecule has 0 unspecified atom stereocenters. The second-order valence-corrected chi connectivity index (χ2v) is 7.22. The first-order valence-electron chi connectivity index (χ1n) is 9.71. The van der Waals surface area contributed by atoms with Gasteiger partial charge < -0.3 is 24.0 Å². The minimum absolute atomic E-state index is 0.113. The average Bonchev–Trinajstić information content (AvgIpc) is 3.06. The topological polar surface area (TPSA) is 87.8 Å². The van der Waals surface area contributed by atoms with Crippen molar-refractivity contribution in [1.29, 1.82) is 0 Å². The molecule has 2 aromatic heterocycles. The monoisotopic (exact) mass is 386 g/mol. The van der Waals surface area contributed by atoms with Crippen molar-refractivity contribution in [3.05, 3.63) is 29.3 Å². The van der Waals surface area contributed by atoms with Crippen LogP contribution in [0, 0.1) is 13.8 Å². The van der Waals surface area contributed by atoms with Gasteiger partial charge in [0.2, 0.25) is 5.91 Å². The van der Waals surface area contributed by atoms with E-state index >= 15 is 0 Å². The Bertz CT molecular complexity index is 805. The summed E-state index contributed by atoms with van der Waals surface area (Å²) in [6.07, 6.45) is 2.14. The Morgan fingerprint density at radius 3 is 2.50 bits per heavy atom. The summed E-state index contributed by atoms with van der Waals surface area (Å²) in [5.74, 6) is 1.70. The predicted molar refractivity (Wildman–Crippen MR) is 104 cm³/mol. The van der Waals surface area contributed by atoms with Crippen LogP contribution in [0.25, 0.3) is 0 Å². The molecule has 28 heavy (non-hydrogen) atoms. The highest BCUT2D eigenvalue weighted by molar-refractivity contribution is 5.79. The van der Waals surface area contributed by atoms with E-state index in [1.165, 1.54) is 0 Å². The number of morpholine rings is 1. The van der Waals surface area contributed by atoms with Crippen LogP contribution in [-0.2, 0) is 16.0 Å². The normalized spacial score (nSPS) is 17.9. The average molecular weight is 386 g/mol. The molecular formula is C19H26N6O3. The molecule has 0 saturated carbocycles. The molecule has 9 nitrogen and oxygen atoms in total. The lowest BCUT2D eigenvalue weighted by atomic mass is 10.1. The van der Waals surface area contributed by atoms with Gasteiger partial charge in [0.25, 0.3) is 0 Å². The number of ether oxygens (including phenoxy) is 1. The number of amides is 1. The minimum atomic E-state index is 0.113. The van der Waals surface area contributed by atoms with Gasteiger partial charge in [0.15, 0.2) is 5.82 Å². The third-order valence-corrected chi connectivity index (χ3v) is 5.47. The van der Waals surface area contributed by atoms with Crippen LogP contribution in [-0.4, -0.2) is 78.6 Å². The summed E-state index contributed by atoms with van der Waals surface area (Å²) in [5, 5.41) is 12.4. The zero-order chi connectivity index (χ0) is 19.5. The van der Waals surface area contributed by atoms with Crippen molar-refractivity contribution in [3.63, 3.8) is 0 Å². The van der Waals surface area contributed by atoms with Crippen LogP contribution in [0.5, 0.6) is 0 Å². The molecule has 9 heteroatoms. The molecule has 150 valence electrons. The quantitative estimate of drug-likeness (QED) is 0.763. The van der Waals surface area contributed by atoms with Gasteiger partial charge in [-0.25, -0.2) is 0 Å². The number of hydrogen-bond donors (Lipinski definition) is 0. The first-order chi connectivity index (χ1) is 13.6. The van der Waals surface area contributed by atoms with Crippen molar-refractivity contribution in [2.45, 2.75) is 20.3 Å². The molecule has 0 radical (unpaired) electrons. The van der Waals surface area contributed by atoms with Crippen molar-refractivity contribution >= 4 is 17.4 Å². The van der Waals surface area contributed by atoms with Gasteiger partial charge in [-0.2, -0.15) is 5.10 Å². The standard InChI is InChI=1S/C19H26N6O3/c1-14-17(15(2)28-22-14)12-19(26)25-5-3-24(4-6-25)18-11-16(13-20-21-18)23-7-9-27-10-8-23/h11,13H,3-10,12H2,1-2H3. The highest BCUT2D eigenvalue weighted by Crippen LogP contribution is 2.21. The van der Waals surface area contributed by atoms with E-state index in [-0.39, 0.29) is 5.91 Å². The Hall–Kier alpha value is -2.68. The van der Waals surface area contributed by atoms with Crippen molar-refractivity contribution < 1.29 is 14.1 Å². The van der Waals surface area contributed by atoms with Gasteiger partial charge in [-0.15, -0.1) is 5.10 Å². The number of piperazine rings is 1. The molecule has 0 bridgehead atoms. The maximum atomic E-state index is 12.7. The van der Waals surface area contributed by atoms with E-state index in [1.807, 2.05) is 18.7 Å². The first-order valence-corrected chi connectivity index (χ1v) is 9.71. The number of rotatable bonds is 4. The van der Waals surface area contributed by atoms with Crippen LogP contribution < -0.4 is 9.80 Å². The molecule has 4 rings (SSSR count). The smallest absolute Gasteiger partial charge is 0.227 e. The van der Waals surface area contributed by atoms with Gasteiger partial charge in [-0.1, -0.05) is 5.16 Å². The summed E-state index contributed by atoms with van der Waals surface area (Å²) in [6, 6.07) is 2.08. The van der Waals surface area contributed by atoms with E-state index in [0.717, 1.165) is 67.9 Å². The molecule has 2 aliphatic rings. The fourth-order valence-corrected chi connectivity index (χ4v) is 3.70. The van der Waals surface area contributed by atoms with Gasteiger partial charge in [0.05, 0.1) is 37.2 Å². The number of aryl methyl sites for hydroxylation is 2. The summed E-state index contributed by atoms with van der Waals surface area (Å²) in [7, 11) is 0. The van der Waals surface area contributed by atoms with E-state index in [2.05, 4.69) is 31.2 Å². The summed E-state index contributed by atoms with van der Waals surface area (Å²) in [6.45, 7) is 9.77. The Kier molecular flexibility index (Phi) is 5.43. The molecule has 2 aromatic rings. The Morgan fingerprint density at radius 1 is 1.07 bits per heavy atom. The van der Waals surface area contributed by atoms with Crippen molar-refractivity contribution in [2.75, 3.05) is 62.3 Å². The summed E-state index contributed by atoms with van der Waals surface area (Å²) >= 11 is 0. The lowest BCUT2D eigenvalue weighted by Gasteiger charge is -2.36. The van der Waals surface area contributed by atoms with Gasteiger partial charge in [0.1, 0.15) is 5.76 Å². The largest absolute Gasteiger partial charge is 0.378 e. The Balaban J connectivity index is 1.35. The van der Waals surface area contributed by atoms with Gasteiger partial charge in [0, 0.05) is 50.9 Å². The Labute approximate surface area is 164 Å². The molecule has 2 saturated heterocycles. The molecule has 0 aliphatic carbocycles. The highest BCUT2D eigenvalue weighted by atomic mass is 16.5.